The van der Waals surface area contributed by atoms with Crippen LogP contribution in [-0.2, 0) is 17.3 Å². The van der Waals surface area contributed by atoms with Gasteiger partial charge in [0.2, 0.25) is 5.88 Å². The zero-order chi connectivity index (χ0) is 29.2. The number of aromatic nitrogens is 3. The summed E-state index contributed by atoms with van der Waals surface area (Å²) in [5, 5.41) is 9.28. The van der Waals surface area contributed by atoms with Crippen LogP contribution in [0.1, 0.15) is 60.1 Å². The van der Waals surface area contributed by atoms with Crippen molar-refractivity contribution in [2.75, 3.05) is 18.6 Å². The number of pyridine rings is 1. The van der Waals surface area contributed by atoms with E-state index in [-0.39, 0.29) is 24.2 Å². The largest absolute Gasteiger partial charge is 0.481 e. The molecule has 1 aliphatic heterocycles. The van der Waals surface area contributed by atoms with Crippen LogP contribution in [0.15, 0.2) is 36.5 Å². The van der Waals surface area contributed by atoms with Gasteiger partial charge in [-0.25, -0.2) is 19.7 Å². The van der Waals surface area contributed by atoms with Crippen LogP contribution < -0.4 is 15.4 Å². The fraction of sp³-hybridized carbons (Fsp3) is 0.370. The third kappa shape index (κ3) is 5.83. The number of nitrogens with zero attached hydrogens (tertiary/aromatic N) is 5. The lowest BCUT2D eigenvalue weighted by Crippen LogP contribution is -2.57. The Labute approximate surface area is 242 Å². The molecule has 0 fully saturated rings. The molecule has 9 nitrogen and oxygen atoms in total. The van der Waals surface area contributed by atoms with Crippen LogP contribution in [0.5, 0.6) is 5.88 Å². The molecule has 0 saturated carbocycles. The van der Waals surface area contributed by atoms with Gasteiger partial charge in [0, 0.05) is 24.7 Å². The second kappa shape index (κ2) is 11.9. The van der Waals surface area contributed by atoms with Crippen LogP contribution in [-0.4, -0.2) is 46.8 Å². The van der Waals surface area contributed by atoms with Gasteiger partial charge in [0.1, 0.15) is 5.82 Å². The molecule has 0 saturated heterocycles. The predicted octanol–water partition coefficient (Wildman–Crippen LogP) is 5.18. The molecule has 13 heteroatoms. The van der Waals surface area contributed by atoms with Crippen molar-refractivity contribution in [2.24, 2.45) is 5.73 Å². The number of ether oxygens (including phenoxy) is 2. The molecule has 3 atom stereocenters. The summed E-state index contributed by atoms with van der Waals surface area (Å²) in [4.78, 5) is 28.3. The maximum absolute atomic E-state index is 13.5. The number of benzene rings is 1. The SMILES string of the molecule is CCOC(=O)N1c2ccc(OC)nc2C(c2ncc(I)c(Cc3cc(C#N)cc(C(F)(F)F)c3)n2)C(N)C1CC. The van der Waals surface area contributed by atoms with Crippen molar-refractivity contribution >= 4 is 34.4 Å². The van der Waals surface area contributed by atoms with Gasteiger partial charge in [0.15, 0.2) is 0 Å². The Bertz CT molecular complexity index is 1460. The molecule has 3 unspecified atom stereocenters. The Morgan fingerprint density at radius 3 is 2.60 bits per heavy atom. The number of fused-ring (bicyclic) bond motifs is 1. The number of nitrogens with two attached hydrogens (primary N) is 1. The highest BCUT2D eigenvalue weighted by atomic mass is 127. The maximum Gasteiger partial charge on any atom is 0.416 e. The first-order valence-corrected chi connectivity index (χ1v) is 13.5. The lowest BCUT2D eigenvalue weighted by atomic mass is 9.83. The molecule has 0 aliphatic carbocycles. The molecule has 0 bridgehead atoms. The van der Waals surface area contributed by atoms with E-state index >= 15 is 0 Å². The monoisotopic (exact) mass is 666 g/mol. The second-order valence-corrected chi connectivity index (χ2v) is 10.2. The molecular weight excluding hydrogens is 640 g/mol. The van der Waals surface area contributed by atoms with Crippen LogP contribution in [0.25, 0.3) is 0 Å². The summed E-state index contributed by atoms with van der Waals surface area (Å²) >= 11 is 2.02. The third-order valence-electron chi connectivity index (χ3n) is 6.62. The lowest BCUT2D eigenvalue weighted by Gasteiger charge is -2.42. The van der Waals surface area contributed by atoms with Gasteiger partial charge in [-0.15, -0.1) is 0 Å². The van der Waals surface area contributed by atoms with E-state index in [1.165, 1.54) is 18.1 Å². The van der Waals surface area contributed by atoms with Crippen molar-refractivity contribution in [3.8, 4) is 11.9 Å². The van der Waals surface area contributed by atoms with Gasteiger partial charge >= 0.3 is 12.3 Å². The number of hydrogen-bond acceptors (Lipinski definition) is 8. The van der Waals surface area contributed by atoms with Gasteiger partial charge < -0.3 is 15.2 Å². The Balaban J connectivity index is 1.82. The molecule has 2 aromatic heterocycles. The number of hydrogen-bond donors (Lipinski definition) is 1. The smallest absolute Gasteiger partial charge is 0.416 e. The van der Waals surface area contributed by atoms with E-state index in [9.17, 15) is 23.2 Å². The molecular formula is C27H26F3IN6O3. The molecule has 210 valence electrons. The van der Waals surface area contributed by atoms with Crippen molar-refractivity contribution in [1.29, 1.82) is 5.26 Å². The first-order valence-electron chi connectivity index (χ1n) is 12.4. The first kappa shape index (κ1) is 29.5. The van der Waals surface area contributed by atoms with Gasteiger partial charge in [0.25, 0.3) is 0 Å². The number of anilines is 1. The number of carbonyl (C=O) groups is 1. The Morgan fingerprint density at radius 1 is 1.23 bits per heavy atom. The van der Waals surface area contributed by atoms with E-state index in [0.717, 1.165) is 12.1 Å². The van der Waals surface area contributed by atoms with E-state index in [4.69, 9.17) is 20.2 Å². The number of halogens is 4. The molecule has 0 spiro atoms. The fourth-order valence-electron chi connectivity index (χ4n) is 4.83. The van der Waals surface area contributed by atoms with Crippen LogP contribution in [0.3, 0.4) is 0 Å². The number of carbonyl (C=O) groups excluding carboxylic acids is 1. The van der Waals surface area contributed by atoms with E-state index < -0.39 is 35.8 Å². The standard InChI is InChI=1S/C27H26F3IN6O3/c1-4-19-23(33)22(24-20(6-7-21(36-24)39-3)37(19)26(38)40-5-2)25-34-13-17(31)18(35-25)11-14-8-15(12-32)10-16(9-14)27(28,29)30/h6-10,13,19,22-23H,4-5,11,33H2,1-3H3. The Morgan fingerprint density at radius 2 is 1.98 bits per heavy atom. The predicted molar refractivity (Wildman–Crippen MR) is 148 cm³/mol. The lowest BCUT2D eigenvalue weighted by molar-refractivity contribution is -0.137. The molecule has 4 rings (SSSR count). The molecule has 1 aromatic carbocycles. The summed E-state index contributed by atoms with van der Waals surface area (Å²) in [5.74, 6) is -0.0551. The zero-order valence-corrected chi connectivity index (χ0v) is 24.0. The summed E-state index contributed by atoms with van der Waals surface area (Å²) in [7, 11) is 1.47. The average Bonchev–Trinajstić information content (AvgIpc) is 2.92. The van der Waals surface area contributed by atoms with E-state index in [1.807, 2.05) is 29.5 Å². The minimum Gasteiger partial charge on any atom is -0.481 e. The zero-order valence-electron chi connectivity index (χ0n) is 21.9. The molecule has 1 amide bonds. The van der Waals surface area contributed by atoms with Crippen LogP contribution in [0, 0.1) is 14.9 Å². The topological polar surface area (TPSA) is 127 Å². The van der Waals surface area contributed by atoms with Crippen molar-refractivity contribution in [3.63, 3.8) is 0 Å². The van der Waals surface area contributed by atoms with Crippen LogP contribution in [0.4, 0.5) is 23.7 Å². The third-order valence-corrected chi connectivity index (χ3v) is 7.52. The second-order valence-electron chi connectivity index (χ2n) is 9.09. The normalized spacial score (nSPS) is 18.6. The molecule has 0 radical (unpaired) electrons. The summed E-state index contributed by atoms with van der Waals surface area (Å²) < 4.78 is 51.6. The summed E-state index contributed by atoms with van der Waals surface area (Å²) in [6, 6.07) is 7.21. The van der Waals surface area contributed by atoms with E-state index in [1.54, 1.807) is 31.3 Å². The van der Waals surface area contributed by atoms with Gasteiger partial charge in [-0.1, -0.05) is 6.92 Å². The van der Waals surface area contributed by atoms with Crippen molar-refractivity contribution in [3.05, 3.63) is 74.0 Å². The minimum atomic E-state index is -4.60. The number of amides is 1. The Hall–Kier alpha value is -3.51. The summed E-state index contributed by atoms with van der Waals surface area (Å²) in [6.07, 6.45) is -3.06. The summed E-state index contributed by atoms with van der Waals surface area (Å²) in [6.45, 7) is 3.79. The van der Waals surface area contributed by atoms with Gasteiger partial charge in [-0.3, -0.25) is 4.90 Å². The van der Waals surface area contributed by atoms with Crippen molar-refractivity contribution in [1.82, 2.24) is 15.0 Å². The number of rotatable bonds is 6. The molecule has 1 aliphatic rings. The van der Waals surface area contributed by atoms with Gasteiger partial charge in [0.05, 0.1) is 63.5 Å². The van der Waals surface area contributed by atoms with Gasteiger partial charge in [-0.05, 0) is 65.8 Å². The highest BCUT2D eigenvalue weighted by molar-refractivity contribution is 14.1. The molecule has 3 aromatic rings. The minimum absolute atomic E-state index is 0.0267. The maximum atomic E-state index is 13.5. The fourth-order valence-corrected chi connectivity index (χ4v) is 5.28. The van der Waals surface area contributed by atoms with Gasteiger partial charge in [-0.2, -0.15) is 18.4 Å². The number of alkyl halides is 3. The van der Waals surface area contributed by atoms with Crippen LogP contribution >= 0.6 is 22.6 Å². The molecule has 40 heavy (non-hydrogen) atoms. The first-order chi connectivity index (χ1) is 19.0. The average molecular weight is 666 g/mol. The van der Waals surface area contributed by atoms with E-state index in [0.29, 0.717) is 38.8 Å². The number of methoxy groups -OCH3 is 1. The summed E-state index contributed by atoms with van der Waals surface area (Å²) in [5.41, 5.74) is 7.41. The highest BCUT2D eigenvalue weighted by Gasteiger charge is 2.45. The molecule has 3 heterocycles. The Kier molecular flexibility index (Phi) is 8.79. The quantitative estimate of drug-likeness (QED) is 0.357. The highest BCUT2D eigenvalue weighted by Crippen LogP contribution is 2.42. The van der Waals surface area contributed by atoms with Crippen molar-refractivity contribution in [2.45, 2.75) is 50.9 Å². The van der Waals surface area contributed by atoms with Crippen LogP contribution in [0.2, 0.25) is 0 Å². The van der Waals surface area contributed by atoms with Crippen molar-refractivity contribution < 1.29 is 27.4 Å². The van der Waals surface area contributed by atoms with E-state index in [2.05, 4.69) is 9.97 Å². The number of nitriles is 1. The molecule has 2 N–H and O–H groups in total.